The van der Waals surface area contributed by atoms with E-state index in [-0.39, 0.29) is 11.9 Å². The molecule has 2 aliphatic rings. The lowest BCUT2D eigenvalue weighted by atomic mass is 9.97. The van der Waals surface area contributed by atoms with Gasteiger partial charge in [0.15, 0.2) is 0 Å². The lowest BCUT2D eigenvalue weighted by Crippen LogP contribution is -2.58. The summed E-state index contributed by atoms with van der Waals surface area (Å²) in [6, 6.07) is 17.0. The van der Waals surface area contributed by atoms with Gasteiger partial charge in [0.05, 0.1) is 5.69 Å². The molecule has 28 heavy (non-hydrogen) atoms. The molecule has 0 saturated carbocycles. The topological polar surface area (TPSA) is 67.9 Å². The van der Waals surface area contributed by atoms with Crippen LogP contribution in [0.25, 0.3) is 0 Å². The summed E-state index contributed by atoms with van der Waals surface area (Å²) in [6.07, 6.45) is 1.31. The summed E-state index contributed by atoms with van der Waals surface area (Å²) < 4.78 is 0. The Morgan fingerprint density at radius 1 is 1.00 bits per heavy atom. The highest BCUT2D eigenvalue weighted by Gasteiger charge is 2.45. The summed E-state index contributed by atoms with van der Waals surface area (Å²) in [4.78, 5) is 29.1. The third kappa shape index (κ3) is 3.41. The summed E-state index contributed by atoms with van der Waals surface area (Å²) in [7, 11) is 3.95. The second kappa shape index (κ2) is 7.16. The first-order valence-electron chi connectivity index (χ1n) is 9.49. The van der Waals surface area contributed by atoms with Crippen LogP contribution in [0.4, 0.5) is 16.2 Å². The summed E-state index contributed by atoms with van der Waals surface area (Å²) in [5, 5.41) is 4.62. The minimum Gasteiger partial charge on any atom is -0.378 e. The number of para-hydroxylation sites is 1. The lowest BCUT2D eigenvalue weighted by Gasteiger charge is -2.38. The van der Waals surface area contributed by atoms with E-state index in [1.54, 1.807) is 5.01 Å². The highest BCUT2D eigenvalue weighted by molar-refractivity contribution is 5.95. The molecule has 3 amide bonds. The molecule has 0 unspecified atom stereocenters. The molecule has 0 radical (unpaired) electrons. The minimum atomic E-state index is -0.502. The van der Waals surface area contributed by atoms with Crippen molar-refractivity contribution in [3.63, 3.8) is 0 Å². The van der Waals surface area contributed by atoms with Gasteiger partial charge in [-0.05, 0) is 36.4 Å². The molecule has 2 aliphatic heterocycles. The van der Waals surface area contributed by atoms with Crippen molar-refractivity contribution >= 4 is 23.3 Å². The highest BCUT2D eigenvalue weighted by atomic mass is 16.2. The number of amides is 3. The van der Waals surface area contributed by atoms with Crippen molar-refractivity contribution in [3.8, 4) is 0 Å². The Labute approximate surface area is 164 Å². The zero-order valence-electron chi connectivity index (χ0n) is 16.2. The second-order valence-corrected chi connectivity index (χ2v) is 7.53. The quantitative estimate of drug-likeness (QED) is 0.860. The lowest BCUT2D eigenvalue weighted by molar-refractivity contribution is 0.0641. The standard InChI is InChI=1S/C21H25N5O2/c1-24(2)17-10-8-16(9-11-17)19(27)25-14-12-21(13-15-25)22-20(28)26(23-21)18-6-4-3-5-7-18/h3-11,23H,12-15H2,1-2H3,(H,22,28). The Morgan fingerprint density at radius 2 is 1.64 bits per heavy atom. The van der Waals surface area contributed by atoms with Crippen LogP contribution in [-0.4, -0.2) is 49.7 Å². The molecule has 7 nitrogen and oxygen atoms in total. The number of carbonyl (C=O) groups is 2. The number of urea groups is 1. The normalized spacial score (nSPS) is 18.3. The highest BCUT2D eigenvalue weighted by Crippen LogP contribution is 2.28. The van der Waals surface area contributed by atoms with Crippen LogP contribution in [0.2, 0.25) is 0 Å². The fourth-order valence-corrected chi connectivity index (χ4v) is 3.73. The Bertz CT molecular complexity index is 858. The number of likely N-dealkylation sites (tertiary alicyclic amines) is 1. The van der Waals surface area contributed by atoms with Gasteiger partial charge in [-0.25, -0.2) is 15.2 Å². The summed E-state index contributed by atoms with van der Waals surface area (Å²) in [6.45, 7) is 1.17. The Morgan fingerprint density at radius 3 is 2.25 bits per heavy atom. The van der Waals surface area contributed by atoms with Crippen molar-refractivity contribution in [1.29, 1.82) is 0 Å². The SMILES string of the molecule is CN(C)c1ccc(C(=O)N2CCC3(CC2)NC(=O)N(c2ccccc2)N3)cc1. The second-order valence-electron chi connectivity index (χ2n) is 7.53. The van der Waals surface area contributed by atoms with Crippen LogP contribution in [0.3, 0.4) is 0 Å². The Balaban J connectivity index is 1.40. The number of anilines is 2. The molecule has 0 aliphatic carbocycles. The van der Waals surface area contributed by atoms with Gasteiger partial charge in [0.1, 0.15) is 5.66 Å². The van der Waals surface area contributed by atoms with Gasteiger partial charge in [0, 0.05) is 51.3 Å². The first-order valence-corrected chi connectivity index (χ1v) is 9.49. The van der Waals surface area contributed by atoms with E-state index in [4.69, 9.17) is 0 Å². The molecule has 2 fully saturated rings. The van der Waals surface area contributed by atoms with Gasteiger partial charge in [0.2, 0.25) is 0 Å². The average Bonchev–Trinajstić information content (AvgIpc) is 3.04. The molecule has 146 valence electrons. The number of piperidine rings is 1. The smallest absolute Gasteiger partial charge is 0.338 e. The van der Waals surface area contributed by atoms with Crippen LogP contribution in [0, 0.1) is 0 Å². The minimum absolute atomic E-state index is 0.0318. The molecule has 2 aromatic carbocycles. The maximum absolute atomic E-state index is 12.8. The van der Waals surface area contributed by atoms with Gasteiger partial charge >= 0.3 is 6.03 Å². The van der Waals surface area contributed by atoms with Crippen LogP contribution in [0.5, 0.6) is 0 Å². The number of hydrogen-bond donors (Lipinski definition) is 2. The molecule has 0 aromatic heterocycles. The fourth-order valence-electron chi connectivity index (χ4n) is 3.73. The molecule has 2 heterocycles. The predicted molar refractivity (Wildman–Crippen MR) is 109 cm³/mol. The molecule has 2 aromatic rings. The predicted octanol–water partition coefficient (Wildman–Crippen LogP) is 2.42. The van der Waals surface area contributed by atoms with Gasteiger partial charge in [0.25, 0.3) is 5.91 Å². The van der Waals surface area contributed by atoms with Crippen LogP contribution in [0.1, 0.15) is 23.2 Å². The van der Waals surface area contributed by atoms with E-state index in [9.17, 15) is 9.59 Å². The molecular weight excluding hydrogens is 354 g/mol. The van der Waals surface area contributed by atoms with Gasteiger partial charge in [-0.2, -0.15) is 0 Å². The summed E-state index contributed by atoms with van der Waals surface area (Å²) in [5.74, 6) is 0.0318. The van der Waals surface area contributed by atoms with Gasteiger partial charge in [-0.3, -0.25) is 4.79 Å². The number of hydrazine groups is 1. The monoisotopic (exact) mass is 379 g/mol. The first-order chi connectivity index (χ1) is 13.5. The first kappa shape index (κ1) is 18.3. The van der Waals surface area contributed by atoms with Crippen LogP contribution in [0.15, 0.2) is 54.6 Å². The van der Waals surface area contributed by atoms with Crippen molar-refractivity contribution in [2.75, 3.05) is 37.1 Å². The van der Waals surface area contributed by atoms with E-state index >= 15 is 0 Å². The molecule has 2 N–H and O–H groups in total. The Hall–Kier alpha value is -3.06. The fraction of sp³-hybridized carbons (Fsp3) is 0.333. The molecule has 4 rings (SSSR count). The third-order valence-electron chi connectivity index (χ3n) is 5.42. The van der Waals surface area contributed by atoms with E-state index in [2.05, 4.69) is 10.7 Å². The largest absolute Gasteiger partial charge is 0.378 e. The average molecular weight is 379 g/mol. The van der Waals surface area contributed by atoms with E-state index < -0.39 is 5.66 Å². The third-order valence-corrected chi connectivity index (χ3v) is 5.42. The van der Waals surface area contributed by atoms with Crippen molar-refractivity contribution in [2.45, 2.75) is 18.5 Å². The maximum atomic E-state index is 12.8. The van der Waals surface area contributed by atoms with Crippen molar-refractivity contribution in [3.05, 3.63) is 60.2 Å². The molecule has 2 saturated heterocycles. The van der Waals surface area contributed by atoms with Crippen molar-refractivity contribution in [2.24, 2.45) is 0 Å². The number of nitrogens with zero attached hydrogens (tertiary/aromatic N) is 3. The van der Waals surface area contributed by atoms with Gasteiger partial charge in [-0.1, -0.05) is 18.2 Å². The zero-order chi connectivity index (χ0) is 19.7. The number of hydrogen-bond acceptors (Lipinski definition) is 4. The van der Waals surface area contributed by atoms with Crippen LogP contribution >= 0.6 is 0 Å². The number of benzene rings is 2. The van der Waals surface area contributed by atoms with Crippen molar-refractivity contribution < 1.29 is 9.59 Å². The van der Waals surface area contributed by atoms with Crippen molar-refractivity contribution in [1.82, 2.24) is 15.6 Å². The van der Waals surface area contributed by atoms with Crippen LogP contribution in [-0.2, 0) is 0 Å². The van der Waals surface area contributed by atoms with E-state index in [0.717, 1.165) is 11.4 Å². The molecule has 0 atom stereocenters. The summed E-state index contributed by atoms with van der Waals surface area (Å²) >= 11 is 0. The van der Waals surface area contributed by atoms with Gasteiger partial charge < -0.3 is 15.1 Å². The Kier molecular flexibility index (Phi) is 4.68. The number of carbonyl (C=O) groups excluding carboxylic acids is 2. The molecule has 0 bridgehead atoms. The maximum Gasteiger partial charge on any atom is 0.338 e. The van der Waals surface area contributed by atoms with E-state index in [1.807, 2.05) is 78.5 Å². The number of nitrogens with one attached hydrogen (secondary N) is 2. The summed E-state index contributed by atoms with van der Waals surface area (Å²) in [5.41, 5.74) is 5.38. The molecule has 7 heteroatoms. The molecule has 1 spiro atoms. The van der Waals surface area contributed by atoms with Gasteiger partial charge in [-0.15, -0.1) is 0 Å². The van der Waals surface area contributed by atoms with Crippen LogP contribution < -0.4 is 20.7 Å². The number of rotatable bonds is 3. The van der Waals surface area contributed by atoms with E-state index in [1.165, 1.54) is 0 Å². The zero-order valence-corrected chi connectivity index (χ0v) is 16.2. The van der Waals surface area contributed by atoms with E-state index in [0.29, 0.717) is 31.5 Å². The molecular formula is C21H25N5O2.